The second-order valence-electron chi connectivity index (χ2n) is 6.55. The summed E-state index contributed by atoms with van der Waals surface area (Å²) in [5.41, 5.74) is 1.32. The van der Waals surface area contributed by atoms with Gasteiger partial charge in [0.25, 0.3) is 0 Å². The molecule has 2 unspecified atom stereocenters. The van der Waals surface area contributed by atoms with Gasteiger partial charge >= 0.3 is 0 Å². The molecular weight excluding hydrogens is 166 g/mol. The van der Waals surface area contributed by atoms with Crippen LogP contribution >= 0.6 is 0 Å². The summed E-state index contributed by atoms with van der Waals surface area (Å²) in [6.07, 6.45) is 2.32. The lowest BCUT2D eigenvalue weighted by molar-refractivity contribution is 0.397. The molecule has 2 radical (unpaired) electrons. The van der Waals surface area contributed by atoms with Gasteiger partial charge in [-0.25, -0.2) is 0 Å². The molecule has 0 bridgehead atoms. The normalized spacial score (nSPS) is 28.1. The van der Waals surface area contributed by atoms with Gasteiger partial charge in [-0.1, -0.05) is 47.3 Å². The zero-order valence-electron chi connectivity index (χ0n) is 10.5. The fourth-order valence-electron chi connectivity index (χ4n) is 1.81. The standard InChI is InChI=1S/C12H22B2/c1-11(2,3)9-7-8-13-10(14-9)12(4,5)6/h7-10H,1-6H3. The fourth-order valence-corrected chi connectivity index (χ4v) is 1.81. The van der Waals surface area contributed by atoms with Crippen LogP contribution in [-0.2, 0) is 0 Å². The summed E-state index contributed by atoms with van der Waals surface area (Å²) in [4.78, 5) is 0. The summed E-state index contributed by atoms with van der Waals surface area (Å²) >= 11 is 0. The van der Waals surface area contributed by atoms with Crippen molar-refractivity contribution in [3.05, 3.63) is 12.1 Å². The molecule has 1 aliphatic rings. The van der Waals surface area contributed by atoms with Gasteiger partial charge < -0.3 is 0 Å². The molecule has 0 amide bonds. The Labute approximate surface area is 91.0 Å². The third-order valence-electron chi connectivity index (χ3n) is 3.05. The molecule has 76 valence electrons. The number of hydrogen-bond acceptors (Lipinski definition) is 0. The molecule has 0 aliphatic carbocycles. The smallest absolute Gasteiger partial charge is 0.127 e. The largest absolute Gasteiger partial charge is 0.136 e. The maximum atomic E-state index is 2.50. The minimum absolute atomic E-state index is 0.355. The van der Waals surface area contributed by atoms with Crippen molar-refractivity contribution in [3.8, 4) is 0 Å². The Hall–Kier alpha value is -0.130. The summed E-state index contributed by atoms with van der Waals surface area (Å²) in [6.45, 7) is 13.9. The van der Waals surface area contributed by atoms with Crippen LogP contribution in [0.5, 0.6) is 0 Å². The van der Waals surface area contributed by atoms with E-state index in [9.17, 15) is 0 Å². The van der Waals surface area contributed by atoms with Crippen LogP contribution in [0.3, 0.4) is 0 Å². The topological polar surface area (TPSA) is 0 Å². The van der Waals surface area contributed by atoms with Gasteiger partial charge in [0.15, 0.2) is 0 Å². The first-order chi connectivity index (χ1) is 6.21. The minimum atomic E-state index is 0.355. The summed E-state index contributed by atoms with van der Waals surface area (Å²) in [6, 6.07) is 0. The Morgan fingerprint density at radius 1 is 0.929 bits per heavy atom. The Balaban J connectivity index is 2.71. The van der Waals surface area contributed by atoms with Gasteiger partial charge in [0.1, 0.15) is 14.6 Å². The Kier molecular flexibility index (Phi) is 3.23. The lowest BCUT2D eigenvalue weighted by Gasteiger charge is -2.38. The molecule has 0 spiro atoms. The highest BCUT2D eigenvalue weighted by atomic mass is 14.2. The number of hydrogen-bond donors (Lipinski definition) is 0. The van der Waals surface area contributed by atoms with Gasteiger partial charge in [0.05, 0.1) is 0 Å². The van der Waals surface area contributed by atoms with E-state index in [1.54, 1.807) is 0 Å². The van der Waals surface area contributed by atoms with Crippen LogP contribution in [0.4, 0.5) is 0 Å². The number of rotatable bonds is 0. The van der Waals surface area contributed by atoms with Crippen LogP contribution in [-0.4, -0.2) is 14.6 Å². The van der Waals surface area contributed by atoms with E-state index < -0.39 is 0 Å². The Morgan fingerprint density at radius 3 is 1.93 bits per heavy atom. The van der Waals surface area contributed by atoms with E-state index in [4.69, 9.17) is 0 Å². The van der Waals surface area contributed by atoms with Crippen molar-refractivity contribution >= 4 is 14.6 Å². The molecule has 0 aromatic heterocycles. The second-order valence-corrected chi connectivity index (χ2v) is 6.55. The summed E-state index contributed by atoms with van der Waals surface area (Å²) in [5, 5.41) is 0. The lowest BCUT2D eigenvalue weighted by Crippen LogP contribution is -2.34. The fraction of sp³-hybridized carbons (Fsp3) is 0.833. The first-order valence-corrected chi connectivity index (χ1v) is 5.58. The molecule has 0 saturated carbocycles. The molecule has 1 rings (SSSR count). The van der Waals surface area contributed by atoms with Gasteiger partial charge in [-0.15, -0.1) is 12.1 Å². The molecule has 0 N–H and O–H groups in total. The summed E-state index contributed by atoms with van der Waals surface area (Å²) < 4.78 is 0. The van der Waals surface area contributed by atoms with E-state index >= 15 is 0 Å². The summed E-state index contributed by atoms with van der Waals surface area (Å²) in [7, 11) is 4.82. The van der Waals surface area contributed by atoms with Crippen LogP contribution in [0.2, 0.25) is 11.5 Å². The maximum Gasteiger partial charge on any atom is 0.136 e. The Bertz CT molecular complexity index is 217. The van der Waals surface area contributed by atoms with Crippen LogP contribution in [0, 0.1) is 10.8 Å². The van der Waals surface area contributed by atoms with Gasteiger partial charge in [-0.05, 0) is 16.6 Å². The van der Waals surface area contributed by atoms with Crippen LogP contribution in [0.15, 0.2) is 12.1 Å². The van der Waals surface area contributed by atoms with E-state index in [1.165, 1.54) is 0 Å². The first-order valence-electron chi connectivity index (χ1n) is 5.58. The molecule has 2 heteroatoms. The van der Waals surface area contributed by atoms with E-state index in [0.717, 1.165) is 0 Å². The zero-order valence-corrected chi connectivity index (χ0v) is 10.5. The van der Waals surface area contributed by atoms with E-state index in [2.05, 4.69) is 68.2 Å². The van der Waals surface area contributed by atoms with Crippen LogP contribution < -0.4 is 0 Å². The van der Waals surface area contributed by atoms with Crippen LogP contribution in [0.25, 0.3) is 0 Å². The molecule has 0 aromatic rings. The monoisotopic (exact) mass is 188 g/mol. The van der Waals surface area contributed by atoms with Gasteiger partial charge in [0.2, 0.25) is 0 Å². The second kappa shape index (κ2) is 3.79. The third kappa shape index (κ3) is 2.93. The zero-order chi connectivity index (χ0) is 11.0. The highest BCUT2D eigenvalue weighted by molar-refractivity contribution is 6.65. The van der Waals surface area contributed by atoms with Gasteiger partial charge in [-0.3, -0.25) is 0 Å². The summed E-state index contributed by atoms with van der Waals surface area (Å²) in [5.74, 6) is 2.85. The predicted octanol–water partition coefficient (Wildman–Crippen LogP) is 3.55. The lowest BCUT2D eigenvalue weighted by atomic mass is 9.30. The molecule has 2 atom stereocenters. The SMILES string of the molecule is CC(C)(C)C1[B]C=CC(C(C)(C)C)[B]1. The molecule has 0 fully saturated rings. The van der Waals surface area contributed by atoms with Gasteiger partial charge in [0, 0.05) is 0 Å². The molecule has 0 saturated heterocycles. The average molecular weight is 188 g/mol. The predicted molar refractivity (Wildman–Crippen MR) is 67.1 cm³/mol. The average Bonchev–Trinajstić information content (AvgIpc) is 2.01. The third-order valence-corrected chi connectivity index (χ3v) is 3.05. The minimum Gasteiger partial charge on any atom is -0.127 e. The molecule has 14 heavy (non-hydrogen) atoms. The van der Waals surface area contributed by atoms with Crippen molar-refractivity contribution in [2.75, 3.05) is 0 Å². The van der Waals surface area contributed by atoms with Crippen molar-refractivity contribution in [2.45, 2.75) is 53.1 Å². The van der Waals surface area contributed by atoms with Crippen molar-refractivity contribution in [3.63, 3.8) is 0 Å². The highest BCUT2D eigenvalue weighted by Crippen LogP contribution is 2.41. The maximum absolute atomic E-state index is 2.50. The van der Waals surface area contributed by atoms with E-state index in [0.29, 0.717) is 22.4 Å². The van der Waals surface area contributed by atoms with Crippen LogP contribution in [0.1, 0.15) is 41.5 Å². The van der Waals surface area contributed by atoms with Gasteiger partial charge in [-0.2, -0.15) is 0 Å². The van der Waals surface area contributed by atoms with Crippen molar-refractivity contribution in [2.24, 2.45) is 10.8 Å². The Morgan fingerprint density at radius 2 is 1.50 bits per heavy atom. The van der Waals surface area contributed by atoms with E-state index in [-0.39, 0.29) is 0 Å². The van der Waals surface area contributed by atoms with Crippen molar-refractivity contribution in [1.82, 2.24) is 0 Å². The highest BCUT2D eigenvalue weighted by Gasteiger charge is 2.34. The number of allylic oxidation sites excluding steroid dienone is 1. The molecule has 0 nitrogen and oxygen atoms in total. The molecule has 0 aromatic carbocycles. The molecule has 1 heterocycles. The quantitative estimate of drug-likeness (QED) is 0.509. The van der Waals surface area contributed by atoms with E-state index in [1.807, 2.05) is 0 Å². The molecular formula is C12H22B2. The van der Waals surface area contributed by atoms with Crippen molar-refractivity contribution in [1.29, 1.82) is 0 Å². The van der Waals surface area contributed by atoms with Crippen molar-refractivity contribution < 1.29 is 0 Å². The first kappa shape index (κ1) is 11.9. The molecule has 1 aliphatic heterocycles.